The molecule has 0 saturated heterocycles. The highest BCUT2D eigenvalue weighted by Gasteiger charge is 2.11. The number of imidazole rings is 1. The first-order chi connectivity index (χ1) is 11.8. The van der Waals surface area contributed by atoms with Gasteiger partial charge >= 0.3 is 0 Å². The van der Waals surface area contributed by atoms with E-state index in [4.69, 9.17) is 0 Å². The quantitative estimate of drug-likeness (QED) is 0.758. The van der Waals surface area contributed by atoms with Crippen LogP contribution in [0.5, 0.6) is 0 Å². The Balaban J connectivity index is 1.74. The van der Waals surface area contributed by atoms with Gasteiger partial charge in [0.25, 0.3) is 5.91 Å². The number of nitrogens with one attached hydrogen (secondary N) is 1. The lowest BCUT2D eigenvalue weighted by molar-refractivity contribution is 0.0949. The number of amides is 1. The van der Waals surface area contributed by atoms with Crippen LogP contribution < -0.4 is 5.32 Å². The second-order valence-corrected chi connectivity index (χ2v) is 8.17. The minimum atomic E-state index is -3.14. The average molecular weight is 357 g/mol. The normalized spacial score (nSPS) is 11.6. The molecule has 0 fully saturated rings. The van der Waals surface area contributed by atoms with Gasteiger partial charge in [-0.25, -0.2) is 13.4 Å². The standard InChI is InChI=1S/C18H19N3O3S/c1-21-16-9-4-3-8-15(16)20-17(21)11-19-18(22)14-7-5-6-13(10-14)12-25(2,23)24/h3-10H,11-12H2,1-2H3,(H,19,22). The van der Waals surface area contributed by atoms with Crippen LogP contribution in [-0.4, -0.2) is 30.1 Å². The van der Waals surface area contributed by atoms with Gasteiger partial charge in [0.05, 0.1) is 23.3 Å². The van der Waals surface area contributed by atoms with Crippen molar-refractivity contribution in [1.29, 1.82) is 0 Å². The molecule has 1 heterocycles. The van der Waals surface area contributed by atoms with Crippen LogP contribution >= 0.6 is 0 Å². The van der Waals surface area contributed by atoms with Gasteiger partial charge in [-0.1, -0.05) is 24.3 Å². The first-order valence-electron chi connectivity index (χ1n) is 7.79. The van der Waals surface area contributed by atoms with Crippen molar-refractivity contribution in [2.45, 2.75) is 12.3 Å². The summed E-state index contributed by atoms with van der Waals surface area (Å²) in [5.74, 6) is 0.406. The molecule has 25 heavy (non-hydrogen) atoms. The Morgan fingerprint density at radius 1 is 1.16 bits per heavy atom. The van der Waals surface area contributed by atoms with Crippen LogP contribution in [0.2, 0.25) is 0 Å². The van der Waals surface area contributed by atoms with E-state index in [0.29, 0.717) is 17.7 Å². The van der Waals surface area contributed by atoms with Crippen molar-refractivity contribution in [2.75, 3.05) is 6.26 Å². The fourth-order valence-electron chi connectivity index (χ4n) is 2.72. The zero-order valence-electron chi connectivity index (χ0n) is 14.1. The Labute approximate surface area is 146 Å². The summed E-state index contributed by atoms with van der Waals surface area (Å²) < 4.78 is 24.7. The van der Waals surface area contributed by atoms with E-state index >= 15 is 0 Å². The molecule has 1 N–H and O–H groups in total. The number of aryl methyl sites for hydroxylation is 1. The summed E-state index contributed by atoms with van der Waals surface area (Å²) in [4.78, 5) is 16.9. The van der Waals surface area contributed by atoms with E-state index < -0.39 is 9.84 Å². The van der Waals surface area contributed by atoms with Gasteiger partial charge in [-0.05, 0) is 29.8 Å². The molecule has 1 aromatic heterocycles. The van der Waals surface area contributed by atoms with Crippen LogP contribution in [0, 0.1) is 0 Å². The van der Waals surface area contributed by atoms with E-state index in [-0.39, 0.29) is 11.7 Å². The van der Waals surface area contributed by atoms with Crippen molar-refractivity contribution in [3.05, 3.63) is 65.5 Å². The molecule has 0 aliphatic heterocycles. The zero-order chi connectivity index (χ0) is 18.0. The molecule has 3 rings (SSSR count). The summed E-state index contributed by atoms with van der Waals surface area (Å²) in [7, 11) is -1.23. The summed E-state index contributed by atoms with van der Waals surface area (Å²) >= 11 is 0. The summed E-state index contributed by atoms with van der Waals surface area (Å²) in [6.07, 6.45) is 1.17. The molecule has 2 aromatic carbocycles. The maximum absolute atomic E-state index is 12.4. The van der Waals surface area contributed by atoms with E-state index in [1.54, 1.807) is 24.3 Å². The smallest absolute Gasteiger partial charge is 0.251 e. The molecule has 0 spiro atoms. The summed E-state index contributed by atoms with van der Waals surface area (Å²) in [6, 6.07) is 14.4. The number of aromatic nitrogens is 2. The van der Waals surface area contributed by atoms with Crippen molar-refractivity contribution in [1.82, 2.24) is 14.9 Å². The Bertz CT molecular complexity index is 1040. The van der Waals surface area contributed by atoms with Gasteiger partial charge in [-0.15, -0.1) is 0 Å². The Kier molecular flexibility index (Phi) is 4.59. The number of benzene rings is 2. The van der Waals surface area contributed by atoms with Gasteiger partial charge in [0.2, 0.25) is 0 Å². The lowest BCUT2D eigenvalue weighted by Gasteiger charge is -2.07. The van der Waals surface area contributed by atoms with Gasteiger partial charge in [0.15, 0.2) is 9.84 Å². The molecule has 1 amide bonds. The predicted molar refractivity (Wildman–Crippen MR) is 96.9 cm³/mol. The first kappa shape index (κ1) is 17.2. The Morgan fingerprint density at radius 2 is 1.92 bits per heavy atom. The third-order valence-corrected chi connectivity index (χ3v) is 4.76. The van der Waals surface area contributed by atoms with Crippen molar-refractivity contribution < 1.29 is 13.2 Å². The molecular formula is C18H19N3O3S. The number of hydrogen-bond donors (Lipinski definition) is 1. The fraction of sp³-hybridized carbons (Fsp3) is 0.222. The van der Waals surface area contributed by atoms with Crippen molar-refractivity contribution in [3.63, 3.8) is 0 Å². The molecule has 0 aliphatic carbocycles. The predicted octanol–water partition coefficient (Wildman–Crippen LogP) is 2.05. The maximum Gasteiger partial charge on any atom is 0.251 e. The number of nitrogens with zero attached hydrogens (tertiary/aromatic N) is 2. The lowest BCUT2D eigenvalue weighted by Crippen LogP contribution is -2.24. The first-order valence-corrected chi connectivity index (χ1v) is 9.85. The minimum Gasteiger partial charge on any atom is -0.345 e. The number of fused-ring (bicyclic) bond motifs is 1. The van der Waals surface area contributed by atoms with Gasteiger partial charge < -0.3 is 9.88 Å². The largest absolute Gasteiger partial charge is 0.345 e. The molecule has 6 nitrogen and oxygen atoms in total. The summed E-state index contributed by atoms with van der Waals surface area (Å²) in [6.45, 7) is 0.292. The van der Waals surface area contributed by atoms with Crippen molar-refractivity contribution >= 4 is 26.8 Å². The highest BCUT2D eigenvalue weighted by molar-refractivity contribution is 7.89. The number of para-hydroxylation sites is 2. The minimum absolute atomic E-state index is 0.0844. The summed E-state index contributed by atoms with van der Waals surface area (Å²) in [5.41, 5.74) is 2.91. The highest BCUT2D eigenvalue weighted by Crippen LogP contribution is 2.14. The van der Waals surface area contributed by atoms with Crippen LogP contribution in [0.25, 0.3) is 11.0 Å². The average Bonchev–Trinajstić information content (AvgIpc) is 2.88. The molecule has 0 atom stereocenters. The van der Waals surface area contributed by atoms with Crippen LogP contribution in [0.3, 0.4) is 0 Å². The molecule has 130 valence electrons. The number of carbonyl (C=O) groups excluding carboxylic acids is 1. The monoisotopic (exact) mass is 357 g/mol. The zero-order valence-corrected chi connectivity index (χ0v) is 14.9. The van der Waals surface area contributed by atoms with E-state index in [9.17, 15) is 13.2 Å². The molecule has 0 bridgehead atoms. The van der Waals surface area contributed by atoms with E-state index in [2.05, 4.69) is 10.3 Å². The second kappa shape index (κ2) is 6.68. The molecular weight excluding hydrogens is 338 g/mol. The van der Waals surface area contributed by atoms with Gasteiger partial charge in [-0.2, -0.15) is 0 Å². The number of hydrogen-bond acceptors (Lipinski definition) is 4. The van der Waals surface area contributed by atoms with Gasteiger partial charge in [0.1, 0.15) is 5.82 Å². The van der Waals surface area contributed by atoms with E-state index in [1.165, 1.54) is 6.26 Å². The molecule has 7 heteroatoms. The van der Waals surface area contributed by atoms with Crippen LogP contribution in [0.4, 0.5) is 0 Å². The fourth-order valence-corrected chi connectivity index (χ4v) is 3.51. The topological polar surface area (TPSA) is 81.1 Å². The van der Waals surface area contributed by atoms with Crippen molar-refractivity contribution in [3.8, 4) is 0 Å². The number of carbonyl (C=O) groups is 1. The summed E-state index contributed by atoms with van der Waals surface area (Å²) in [5, 5.41) is 2.84. The van der Waals surface area contributed by atoms with Crippen LogP contribution in [0.1, 0.15) is 21.7 Å². The molecule has 3 aromatic rings. The third kappa shape index (κ3) is 4.06. The highest BCUT2D eigenvalue weighted by atomic mass is 32.2. The second-order valence-electron chi connectivity index (χ2n) is 6.03. The Morgan fingerprint density at radius 3 is 2.64 bits per heavy atom. The number of rotatable bonds is 5. The molecule has 0 aliphatic rings. The van der Waals surface area contributed by atoms with Crippen molar-refractivity contribution in [2.24, 2.45) is 7.05 Å². The third-order valence-electron chi connectivity index (χ3n) is 3.90. The SMILES string of the molecule is Cn1c(CNC(=O)c2cccc(CS(C)(=O)=O)c2)nc2ccccc21. The van der Waals surface area contributed by atoms with Gasteiger partial charge in [0, 0.05) is 18.9 Å². The molecule has 0 saturated carbocycles. The lowest BCUT2D eigenvalue weighted by atomic mass is 10.1. The molecule has 0 unspecified atom stereocenters. The maximum atomic E-state index is 12.4. The molecule has 0 radical (unpaired) electrons. The van der Waals surface area contributed by atoms with Gasteiger partial charge in [-0.3, -0.25) is 4.79 Å². The van der Waals surface area contributed by atoms with Crippen LogP contribution in [0.15, 0.2) is 48.5 Å². The number of sulfone groups is 1. The Hall–Kier alpha value is -2.67. The van der Waals surface area contributed by atoms with E-state index in [0.717, 1.165) is 16.9 Å². The van der Waals surface area contributed by atoms with Crippen LogP contribution in [-0.2, 0) is 29.2 Å². The van der Waals surface area contributed by atoms with E-state index in [1.807, 2.05) is 35.9 Å².